The van der Waals surface area contributed by atoms with Crippen molar-refractivity contribution in [2.75, 3.05) is 13.2 Å². The van der Waals surface area contributed by atoms with Gasteiger partial charge in [-0.25, -0.2) is 4.79 Å². The summed E-state index contributed by atoms with van der Waals surface area (Å²) in [5.41, 5.74) is 0.674. The summed E-state index contributed by atoms with van der Waals surface area (Å²) in [6.45, 7) is 2.98. The Morgan fingerprint density at radius 2 is 1.36 bits per heavy atom. The van der Waals surface area contributed by atoms with Crippen LogP contribution < -0.4 is 4.74 Å². The summed E-state index contributed by atoms with van der Waals surface area (Å²) in [6, 6.07) is 29.3. The maximum absolute atomic E-state index is 12.6. The Morgan fingerprint density at radius 1 is 0.806 bits per heavy atom. The fourth-order valence-electron chi connectivity index (χ4n) is 7.71. The molecule has 186 valence electrons. The van der Waals surface area contributed by atoms with Crippen molar-refractivity contribution in [2.45, 2.75) is 60.1 Å². The fraction of sp³-hybridized carbons (Fsp3) is 0.406. The Balaban J connectivity index is 1.07. The summed E-state index contributed by atoms with van der Waals surface area (Å²) in [4.78, 5) is 16.4. The predicted octanol–water partition coefficient (Wildman–Crippen LogP) is 7.31. The molecular weight excluding hydrogens is 464 g/mol. The van der Waals surface area contributed by atoms with E-state index >= 15 is 0 Å². The number of esters is 1. The second-order valence-electron chi connectivity index (χ2n) is 11.6. The van der Waals surface area contributed by atoms with Crippen LogP contribution in [0.25, 0.3) is 0 Å². The first kappa shape index (κ1) is 23.7. The van der Waals surface area contributed by atoms with Crippen LogP contribution in [0.4, 0.5) is 0 Å². The van der Waals surface area contributed by atoms with Gasteiger partial charge in [-0.1, -0.05) is 43.3 Å². The average Bonchev–Trinajstić information content (AvgIpc) is 2.87. The highest BCUT2D eigenvalue weighted by Crippen LogP contribution is 2.65. The van der Waals surface area contributed by atoms with Crippen molar-refractivity contribution in [1.29, 1.82) is 0 Å². The number of hydrogen-bond donors (Lipinski definition) is 0. The van der Waals surface area contributed by atoms with Crippen LogP contribution in [0.3, 0.4) is 0 Å². The molecule has 2 atom stereocenters. The van der Waals surface area contributed by atoms with Gasteiger partial charge in [0.2, 0.25) is 0 Å². The average molecular weight is 500 g/mol. The van der Waals surface area contributed by atoms with Crippen molar-refractivity contribution in [3.05, 3.63) is 84.9 Å². The molecule has 3 aromatic rings. The van der Waals surface area contributed by atoms with E-state index in [1.807, 2.05) is 12.1 Å². The van der Waals surface area contributed by atoms with Crippen LogP contribution in [-0.2, 0) is 20.4 Å². The maximum Gasteiger partial charge on any atom is 0.344 e. The Labute approximate surface area is 217 Å². The van der Waals surface area contributed by atoms with Crippen LogP contribution in [0.15, 0.2) is 99.6 Å². The van der Waals surface area contributed by atoms with Gasteiger partial charge in [-0.2, -0.15) is 0 Å². The van der Waals surface area contributed by atoms with Crippen LogP contribution in [0.1, 0.15) is 45.4 Å². The zero-order valence-corrected chi connectivity index (χ0v) is 21.8. The molecule has 0 saturated heterocycles. The van der Waals surface area contributed by atoms with Gasteiger partial charge in [-0.05, 0) is 104 Å². The van der Waals surface area contributed by atoms with Crippen molar-refractivity contribution in [1.82, 2.24) is 0 Å². The van der Waals surface area contributed by atoms with Crippen LogP contribution >= 0.6 is 0 Å². The van der Waals surface area contributed by atoms with Crippen LogP contribution in [0.5, 0.6) is 5.75 Å². The molecule has 4 heteroatoms. The van der Waals surface area contributed by atoms with Crippen LogP contribution in [-0.4, -0.2) is 19.2 Å². The normalized spacial score (nSPS) is 28.3. The lowest BCUT2D eigenvalue weighted by Crippen LogP contribution is -2.52. The highest BCUT2D eigenvalue weighted by atomic mass is 32.2. The molecule has 4 fully saturated rings. The second kappa shape index (κ2) is 9.63. The Morgan fingerprint density at radius 3 is 1.92 bits per heavy atom. The van der Waals surface area contributed by atoms with Gasteiger partial charge in [-0.3, -0.25) is 0 Å². The summed E-state index contributed by atoms with van der Waals surface area (Å²) in [5.74, 6) is 2.11. The molecule has 36 heavy (non-hydrogen) atoms. The molecule has 3 aromatic carbocycles. The SMILES string of the molecule is CC12CC3CC(C1)CC(COC(=O)COc1ccc([S+](c4ccccc4)c4ccccc4)cc1)(C3)C2. The number of rotatable bonds is 8. The molecular formula is C32H35O3S+. The molecule has 0 aliphatic heterocycles. The number of benzene rings is 3. The molecule has 3 nitrogen and oxygen atoms in total. The van der Waals surface area contributed by atoms with E-state index in [1.165, 1.54) is 53.2 Å². The lowest BCUT2D eigenvalue weighted by atomic mass is 9.45. The number of carbonyl (C=O) groups is 1. The van der Waals surface area contributed by atoms with E-state index in [-0.39, 0.29) is 28.9 Å². The second-order valence-corrected chi connectivity index (χ2v) is 13.7. The molecule has 7 rings (SSSR count). The van der Waals surface area contributed by atoms with E-state index in [9.17, 15) is 4.79 Å². The van der Waals surface area contributed by atoms with E-state index in [1.54, 1.807) is 0 Å². The molecule has 0 spiro atoms. The zero-order valence-electron chi connectivity index (χ0n) is 21.0. The summed E-state index contributed by atoms with van der Waals surface area (Å²) in [6.07, 6.45) is 7.81. The van der Waals surface area contributed by atoms with Gasteiger partial charge in [-0.15, -0.1) is 0 Å². The first-order valence-electron chi connectivity index (χ1n) is 13.2. The van der Waals surface area contributed by atoms with Gasteiger partial charge in [0.05, 0.1) is 17.5 Å². The first-order chi connectivity index (χ1) is 17.5. The predicted molar refractivity (Wildman–Crippen MR) is 143 cm³/mol. The van der Waals surface area contributed by atoms with Gasteiger partial charge >= 0.3 is 5.97 Å². The molecule has 4 bridgehead atoms. The number of ether oxygens (including phenoxy) is 2. The largest absolute Gasteiger partial charge is 0.482 e. The van der Waals surface area contributed by atoms with Crippen molar-refractivity contribution >= 4 is 16.9 Å². The summed E-state index contributed by atoms with van der Waals surface area (Å²) < 4.78 is 11.6. The highest BCUT2D eigenvalue weighted by molar-refractivity contribution is 7.97. The molecule has 2 unspecified atom stereocenters. The van der Waals surface area contributed by atoms with E-state index < -0.39 is 0 Å². The minimum atomic E-state index is -0.256. The van der Waals surface area contributed by atoms with Gasteiger partial charge < -0.3 is 9.47 Å². The summed E-state index contributed by atoms with van der Waals surface area (Å²) in [5, 5.41) is 0. The smallest absolute Gasteiger partial charge is 0.344 e. The molecule has 0 heterocycles. The molecule has 4 aliphatic carbocycles. The Hall–Kier alpha value is -2.72. The molecule has 0 amide bonds. The van der Waals surface area contributed by atoms with Gasteiger partial charge in [0.15, 0.2) is 21.3 Å². The fourth-order valence-corrected chi connectivity index (χ4v) is 9.79. The summed E-state index contributed by atoms with van der Waals surface area (Å²) in [7, 11) is -0.195. The van der Waals surface area contributed by atoms with E-state index in [2.05, 4.69) is 79.7 Å². The first-order valence-corrected chi connectivity index (χ1v) is 14.4. The van der Waals surface area contributed by atoms with E-state index in [0.717, 1.165) is 11.8 Å². The van der Waals surface area contributed by atoms with E-state index in [4.69, 9.17) is 9.47 Å². The third-order valence-electron chi connectivity index (χ3n) is 8.39. The van der Waals surface area contributed by atoms with Crippen LogP contribution in [0.2, 0.25) is 0 Å². The molecule has 4 aliphatic rings. The molecule has 4 saturated carbocycles. The summed E-state index contributed by atoms with van der Waals surface area (Å²) >= 11 is 0. The maximum atomic E-state index is 12.6. The lowest BCUT2D eigenvalue weighted by molar-refractivity contribution is -0.164. The van der Waals surface area contributed by atoms with Gasteiger partial charge in [0, 0.05) is 5.41 Å². The minimum Gasteiger partial charge on any atom is -0.482 e. The standard InChI is InChI=1S/C32H35O3S/c1-31-17-24-16-25(18-31)20-32(19-24,22-31)23-35-30(33)21-34-26-12-14-29(15-13-26)36(27-8-4-2-5-9-27)28-10-6-3-7-11-28/h2-15,24-25H,16-23H2,1H3/q+1. The lowest BCUT2D eigenvalue weighted by Gasteiger charge is -2.61. The molecule has 0 N–H and O–H groups in total. The van der Waals surface area contributed by atoms with Gasteiger partial charge in [0.25, 0.3) is 0 Å². The zero-order chi connectivity index (χ0) is 24.6. The van der Waals surface area contributed by atoms with Crippen molar-refractivity contribution in [3.8, 4) is 5.75 Å². The Bertz CT molecular complexity index is 1140. The van der Waals surface area contributed by atoms with Gasteiger partial charge in [0.1, 0.15) is 5.75 Å². The van der Waals surface area contributed by atoms with E-state index in [0.29, 0.717) is 17.8 Å². The monoisotopic (exact) mass is 499 g/mol. The third-order valence-corrected chi connectivity index (χ3v) is 10.6. The minimum absolute atomic E-state index is 0.0391. The van der Waals surface area contributed by atoms with Crippen molar-refractivity contribution < 1.29 is 14.3 Å². The Kier molecular flexibility index (Phi) is 6.33. The number of hydrogen-bond acceptors (Lipinski definition) is 3. The molecule has 0 radical (unpaired) electrons. The number of carbonyl (C=O) groups excluding carboxylic acids is 1. The van der Waals surface area contributed by atoms with Crippen LogP contribution in [0, 0.1) is 22.7 Å². The molecule has 0 aromatic heterocycles. The third kappa shape index (κ3) is 4.93. The highest BCUT2D eigenvalue weighted by Gasteiger charge is 2.56. The quantitative estimate of drug-likeness (QED) is 0.241. The van der Waals surface area contributed by atoms with Crippen molar-refractivity contribution in [3.63, 3.8) is 0 Å². The topological polar surface area (TPSA) is 35.5 Å². The van der Waals surface area contributed by atoms with Crippen molar-refractivity contribution in [2.24, 2.45) is 22.7 Å².